The Morgan fingerprint density at radius 1 is 1.00 bits per heavy atom. The Labute approximate surface area is 106 Å². The fourth-order valence-electron chi connectivity index (χ4n) is 1.84. The summed E-state index contributed by atoms with van der Waals surface area (Å²) in [6.45, 7) is 1.99. The molecule has 3 heteroatoms. The van der Waals surface area contributed by atoms with Crippen molar-refractivity contribution in [1.29, 1.82) is 0 Å². The fourth-order valence-corrected chi connectivity index (χ4v) is 1.84. The van der Waals surface area contributed by atoms with E-state index in [0.29, 0.717) is 17.7 Å². The van der Waals surface area contributed by atoms with Gasteiger partial charge in [-0.2, -0.15) is 0 Å². The molecule has 0 aromatic heterocycles. The summed E-state index contributed by atoms with van der Waals surface area (Å²) in [7, 11) is 0. The van der Waals surface area contributed by atoms with Gasteiger partial charge in [0, 0.05) is 17.3 Å². The molecular formula is C15H15NO2. The molecule has 0 unspecified atom stereocenters. The van der Waals surface area contributed by atoms with E-state index in [4.69, 9.17) is 0 Å². The molecule has 0 saturated carbocycles. The third kappa shape index (κ3) is 2.74. The van der Waals surface area contributed by atoms with Gasteiger partial charge in [-0.15, -0.1) is 0 Å². The first kappa shape index (κ1) is 12.3. The summed E-state index contributed by atoms with van der Waals surface area (Å²) in [6, 6.07) is 9.34. The zero-order chi connectivity index (χ0) is 13.0. The van der Waals surface area contributed by atoms with Gasteiger partial charge in [0.1, 0.15) is 0 Å². The van der Waals surface area contributed by atoms with Gasteiger partial charge in [-0.3, -0.25) is 9.59 Å². The number of rotatable bonds is 4. The molecule has 92 valence electrons. The van der Waals surface area contributed by atoms with Crippen LogP contribution >= 0.6 is 0 Å². The van der Waals surface area contributed by atoms with Gasteiger partial charge in [-0.05, 0) is 24.6 Å². The summed E-state index contributed by atoms with van der Waals surface area (Å²) in [5.74, 6) is -0.211. The molecule has 3 nitrogen and oxygen atoms in total. The van der Waals surface area contributed by atoms with Crippen LogP contribution in [0.15, 0.2) is 53.8 Å². The van der Waals surface area contributed by atoms with Crippen molar-refractivity contribution in [3.05, 3.63) is 53.8 Å². The predicted molar refractivity (Wildman–Crippen MR) is 71.2 cm³/mol. The first-order chi connectivity index (χ1) is 8.70. The van der Waals surface area contributed by atoms with E-state index >= 15 is 0 Å². The highest BCUT2D eigenvalue weighted by Gasteiger charge is 2.19. The minimum atomic E-state index is -0.137. The number of allylic oxidation sites excluding steroid dienone is 3. The maximum atomic E-state index is 11.9. The second kappa shape index (κ2) is 5.45. The average molecular weight is 241 g/mol. The standard InChI is InChI=1S/C15H15NO2/c1-2-6-11-9-15(18)13(10-14(11)17)16-12-7-4-3-5-8-12/h3-5,7-10,16H,2,6H2,1H3. The van der Waals surface area contributed by atoms with Crippen LogP contribution in [-0.4, -0.2) is 11.6 Å². The van der Waals surface area contributed by atoms with Crippen LogP contribution < -0.4 is 5.32 Å². The van der Waals surface area contributed by atoms with Gasteiger partial charge >= 0.3 is 0 Å². The molecule has 1 aliphatic rings. The van der Waals surface area contributed by atoms with Crippen LogP contribution in [0.5, 0.6) is 0 Å². The number of carbonyl (C=O) groups excluding carboxylic acids is 2. The van der Waals surface area contributed by atoms with Crippen LogP contribution in [0.4, 0.5) is 5.69 Å². The number of benzene rings is 1. The quantitative estimate of drug-likeness (QED) is 0.824. The minimum Gasteiger partial charge on any atom is -0.352 e. The number of para-hydroxylation sites is 1. The maximum absolute atomic E-state index is 11.9. The van der Waals surface area contributed by atoms with Crippen LogP contribution in [0.25, 0.3) is 0 Å². The molecule has 0 saturated heterocycles. The summed E-state index contributed by atoms with van der Waals surface area (Å²) in [5, 5.41) is 2.97. The van der Waals surface area contributed by atoms with Crippen molar-refractivity contribution in [3.63, 3.8) is 0 Å². The Balaban J connectivity index is 2.15. The van der Waals surface area contributed by atoms with Gasteiger partial charge in [-0.25, -0.2) is 0 Å². The van der Waals surface area contributed by atoms with E-state index in [1.54, 1.807) is 0 Å². The molecule has 0 amide bonds. The largest absolute Gasteiger partial charge is 0.352 e. The highest BCUT2D eigenvalue weighted by Crippen LogP contribution is 2.18. The highest BCUT2D eigenvalue weighted by molar-refractivity contribution is 6.20. The highest BCUT2D eigenvalue weighted by atomic mass is 16.1. The Morgan fingerprint density at radius 3 is 2.39 bits per heavy atom. The summed E-state index contributed by atoms with van der Waals surface area (Å²) in [4.78, 5) is 23.7. The molecule has 1 aromatic carbocycles. The third-order valence-electron chi connectivity index (χ3n) is 2.73. The summed E-state index contributed by atoms with van der Waals surface area (Å²) in [5.41, 5.74) is 1.74. The maximum Gasteiger partial charge on any atom is 0.202 e. The van der Waals surface area contributed by atoms with Crippen LogP contribution in [0.1, 0.15) is 19.8 Å². The van der Waals surface area contributed by atoms with Crippen molar-refractivity contribution in [2.24, 2.45) is 0 Å². The molecule has 0 spiro atoms. The number of anilines is 1. The van der Waals surface area contributed by atoms with Crippen LogP contribution in [0, 0.1) is 0 Å². The Hall–Kier alpha value is -2.16. The predicted octanol–water partition coefficient (Wildman–Crippen LogP) is 2.86. The Bertz CT molecular complexity index is 527. The normalized spacial score (nSPS) is 15.2. The van der Waals surface area contributed by atoms with Crippen LogP contribution in [-0.2, 0) is 9.59 Å². The van der Waals surface area contributed by atoms with Gasteiger partial charge in [0.05, 0.1) is 5.70 Å². The van der Waals surface area contributed by atoms with E-state index in [1.165, 1.54) is 12.2 Å². The van der Waals surface area contributed by atoms with Gasteiger partial charge in [-0.1, -0.05) is 31.5 Å². The molecule has 0 radical (unpaired) electrons. The summed E-state index contributed by atoms with van der Waals surface area (Å²) >= 11 is 0. The SMILES string of the molecule is CCCC1=CC(=O)C(Nc2ccccc2)=CC1=O. The van der Waals surface area contributed by atoms with Crippen LogP contribution in [0.2, 0.25) is 0 Å². The lowest BCUT2D eigenvalue weighted by Gasteiger charge is -2.13. The van der Waals surface area contributed by atoms with E-state index < -0.39 is 0 Å². The lowest BCUT2D eigenvalue weighted by Crippen LogP contribution is -2.18. The van der Waals surface area contributed by atoms with Gasteiger partial charge in [0.2, 0.25) is 5.78 Å². The van der Waals surface area contributed by atoms with E-state index in [9.17, 15) is 9.59 Å². The average Bonchev–Trinajstić information content (AvgIpc) is 2.37. The number of hydrogen-bond donors (Lipinski definition) is 1. The van der Waals surface area contributed by atoms with Crippen molar-refractivity contribution in [1.82, 2.24) is 0 Å². The summed E-state index contributed by atoms with van der Waals surface area (Å²) in [6.07, 6.45) is 4.34. The molecule has 18 heavy (non-hydrogen) atoms. The van der Waals surface area contributed by atoms with E-state index in [-0.39, 0.29) is 11.6 Å². The topological polar surface area (TPSA) is 46.2 Å². The number of ketones is 2. The lowest BCUT2D eigenvalue weighted by molar-refractivity contribution is -0.115. The second-order valence-electron chi connectivity index (χ2n) is 4.20. The first-order valence-corrected chi connectivity index (χ1v) is 6.03. The van der Waals surface area contributed by atoms with Crippen molar-refractivity contribution in [2.45, 2.75) is 19.8 Å². The van der Waals surface area contributed by atoms with Crippen molar-refractivity contribution in [2.75, 3.05) is 5.32 Å². The van der Waals surface area contributed by atoms with E-state index in [0.717, 1.165) is 12.1 Å². The zero-order valence-corrected chi connectivity index (χ0v) is 10.3. The fraction of sp³-hybridized carbons (Fsp3) is 0.200. The van der Waals surface area contributed by atoms with E-state index in [1.807, 2.05) is 37.3 Å². The molecule has 1 N–H and O–H groups in total. The van der Waals surface area contributed by atoms with Crippen LogP contribution in [0.3, 0.4) is 0 Å². The van der Waals surface area contributed by atoms with Crippen molar-refractivity contribution in [3.8, 4) is 0 Å². The monoisotopic (exact) mass is 241 g/mol. The molecule has 1 aliphatic carbocycles. The lowest BCUT2D eigenvalue weighted by atomic mass is 9.97. The zero-order valence-electron chi connectivity index (χ0n) is 10.3. The Morgan fingerprint density at radius 2 is 1.72 bits per heavy atom. The summed E-state index contributed by atoms with van der Waals surface area (Å²) < 4.78 is 0. The van der Waals surface area contributed by atoms with Crippen molar-refractivity contribution >= 4 is 17.3 Å². The molecule has 0 fully saturated rings. The third-order valence-corrected chi connectivity index (χ3v) is 2.73. The van der Waals surface area contributed by atoms with Crippen molar-refractivity contribution < 1.29 is 9.59 Å². The van der Waals surface area contributed by atoms with Gasteiger partial charge < -0.3 is 5.32 Å². The minimum absolute atomic E-state index is 0.0742. The Kier molecular flexibility index (Phi) is 3.72. The van der Waals surface area contributed by atoms with Gasteiger partial charge in [0.25, 0.3) is 0 Å². The first-order valence-electron chi connectivity index (χ1n) is 6.03. The molecule has 0 heterocycles. The molecule has 0 aliphatic heterocycles. The number of carbonyl (C=O) groups is 2. The molecule has 0 atom stereocenters. The molecule has 2 rings (SSSR count). The number of hydrogen-bond acceptors (Lipinski definition) is 3. The van der Waals surface area contributed by atoms with Gasteiger partial charge in [0.15, 0.2) is 5.78 Å². The smallest absolute Gasteiger partial charge is 0.202 e. The molecule has 1 aromatic rings. The number of nitrogens with one attached hydrogen (secondary N) is 1. The second-order valence-corrected chi connectivity index (χ2v) is 4.20. The van der Waals surface area contributed by atoms with E-state index in [2.05, 4.69) is 5.32 Å². The molecule has 0 bridgehead atoms. The molecular weight excluding hydrogens is 226 g/mol.